The quantitative estimate of drug-likeness (QED) is 0.838. The summed E-state index contributed by atoms with van der Waals surface area (Å²) in [4.78, 5) is 8.45. The highest BCUT2D eigenvalue weighted by atomic mass is 79.9. The Morgan fingerprint density at radius 3 is 2.80 bits per heavy atom. The van der Waals surface area contributed by atoms with Gasteiger partial charge in [0.15, 0.2) is 5.15 Å². The highest BCUT2D eigenvalue weighted by Gasteiger charge is 2.23. The molecule has 0 radical (unpaired) electrons. The molecule has 1 saturated carbocycles. The van der Waals surface area contributed by atoms with Gasteiger partial charge < -0.3 is 10.6 Å². The Hall–Kier alpha value is -0.550. The maximum absolute atomic E-state index is 5.98. The van der Waals surface area contributed by atoms with Crippen LogP contribution in [0.1, 0.15) is 19.8 Å². The summed E-state index contributed by atoms with van der Waals surface area (Å²) in [6, 6.07) is 0.543. The first-order valence-electron chi connectivity index (χ1n) is 4.94. The molecule has 1 aromatic heterocycles. The van der Waals surface area contributed by atoms with Crippen molar-refractivity contribution in [2.24, 2.45) is 0 Å². The van der Waals surface area contributed by atoms with Gasteiger partial charge in [0.25, 0.3) is 0 Å². The summed E-state index contributed by atoms with van der Waals surface area (Å²) in [7, 11) is 0. The smallest absolute Gasteiger partial charge is 0.226 e. The van der Waals surface area contributed by atoms with Crippen LogP contribution in [-0.4, -0.2) is 22.6 Å². The molecule has 0 aliphatic heterocycles. The summed E-state index contributed by atoms with van der Waals surface area (Å²) in [5, 5.41) is 6.78. The molecule has 0 bridgehead atoms. The van der Waals surface area contributed by atoms with Crippen LogP contribution in [0.4, 0.5) is 11.8 Å². The summed E-state index contributed by atoms with van der Waals surface area (Å²) in [6.45, 7) is 2.77. The van der Waals surface area contributed by atoms with E-state index in [0.29, 0.717) is 17.1 Å². The van der Waals surface area contributed by atoms with Crippen molar-refractivity contribution in [3.05, 3.63) is 9.63 Å². The predicted molar refractivity (Wildman–Crippen MR) is 65.6 cm³/mol. The summed E-state index contributed by atoms with van der Waals surface area (Å²) in [6.07, 6.45) is 2.40. The molecule has 1 aliphatic rings. The molecule has 2 N–H and O–H groups in total. The van der Waals surface area contributed by atoms with Crippen LogP contribution in [-0.2, 0) is 0 Å². The Morgan fingerprint density at radius 2 is 2.20 bits per heavy atom. The zero-order chi connectivity index (χ0) is 10.8. The van der Waals surface area contributed by atoms with Gasteiger partial charge in [-0.2, -0.15) is 9.97 Å². The molecule has 15 heavy (non-hydrogen) atoms. The van der Waals surface area contributed by atoms with Crippen molar-refractivity contribution in [2.45, 2.75) is 25.8 Å². The molecular weight excluding hydrogens is 279 g/mol. The fraction of sp³-hybridized carbons (Fsp3) is 0.556. The monoisotopic (exact) mass is 290 g/mol. The molecule has 0 unspecified atom stereocenters. The number of aromatic nitrogens is 2. The van der Waals surface area contributed by atoms with Gasteiger partial charge in [0.1, 0.15) is 5.82 Å². The van der Waals surface area contributed by atoms with Crippen molar-refractivity contribution < 1.29 is 0 Å². The lowest BCUT2D eigenvalue weighted by atomic mass is 10.5. The van der Waals surface area contributed by atoms with E-state index in [2.05, 4.69) is 36.5 Å². The summed E-state index contributed by atoms with van der Waals surface area (Å²) >= 11 is 9.36. The van der Waals surface area contributed by atoms with Crippen LogP contribution >= 0.6 is 27.5 Å². The van der Waals surface area contributed by atoms with E-state index >= 15 is 0 Å². The van der Waals surface area contributed by atoms with Crippen LogP contribution in [0.15, 0.2) is 4.47 Å². The minimum atomic E-state index is 0.434. The first kappa shape index (κ1) is 11.0. The van der Waals surface area contributed by atoms with Gasteiger partial charge in [-0.25, -0.2) is 0 Å². The third kappa shape index (κ3) is 2.72. The molecule has 0 aromatic carbocycles. The Bertz CT molecular complexity index is 367. The number of hydrogen-bond acceptors (Lipinski definition) is 4. The number of nitrogens with zero attached hydrogens (tertiary/aromatic N) is 2. The maximum atomic E-state index is 5.98. The van der Waals surface area contributed by atoms with E-state index in [4.69, 9.17) is 11.6 Å². The van der Waals surface area contributed by atoms with Crippen molar-refractivity contribution in [3.63, 3.8) is 0 Å². The molecule has 1 aliphatic carbocycles. The number of anilines is 2. The molecule has 2 rings (SSSR count). The average Bonchev–Trinajstić information content (AvgIpc) is 2.98. The minimum absolute atomic E-state index is 0.434. The van der Waals surface area contributed by atoms with Gasteiger partial charge in [0, 0.05) is 12.6 Å². The molecule has 82 valence electrons. The van der Waals surface area contributed by atoms with Crippen molar-refractivity contribution in [2.75, 3.05) is 17.2 Å². The van der Waals surface area contributed by atoms with Gasteiger partial charge in [-0.1, -0.05) is 11.6 Å². The zero-order valence-electron chi connectivity index (χ0n) is 8.35. The Kier molecular flexibility index (Phi) is 3.31. The molecular formula is C9H12BrClN4. The first-order valence-corrected chi connectivity index (χ1v) is 6.11. The Balaban J connectivity index is 2.24. The number of rotatable bonds is 4. The molecule has 0 spiro atoms. The van der Waals surface area contributed by atoms with Crippen LogP contribution in [0.3, 0.4) is 0 Å². The third-order valence-corrected chi connectivity index (χ3v) is 3.32. The third-order valence-electron chi connectivity index (χ3n) is 2.06. The number of hydrogen-bond donors (Lipinski definition) is 2. The van der Waals surface area contributed by atoms with E-state index < -0.39 is 0 Å². The van der Waals surface area contributed by atoms with Gasteiger partial charge in [-0.3, -0.25) is 0 Å². The van der Waals surface area contributed by atoms with Crippen LogP contribution in [0.25, 0.3) is 0 Å². The van der Waals surface area contributed by atoms with E-state index in [1.165, 1.54) is 12.8 Å². The first-order chi connectivity index (χ1) is 7.20. The normalized spacial score (nSPS) is 15.1. The van der Waals surface area contributed by atoms with Gasteiger partial charge in [0.2, 0.25) is 5.95 Å². The molecule has 1 heterocycles. The second-order valence-electron chi connectivity index (χ2n) is 3.45. The van der Waals surface area contributed by atoms with Crippen molar-refractivity contribution in [3.8, 4) is 0 Å². The summed E-state index contributed by atoms with van der Waals surface area (Å²) in [5.41, 5.74) is 0. The Labute approximate surface area is 102 Å². The Morgan fingerprint density at radius 1 is 1.47 bits per heavy atom. The lowest BCUT2D eigenvalue weighted by Crippen LogP contribution is -2.08. The second kappa shape index (κ2) is 4.53. The summed E-state index contributed by atoms with van der Waals surface area (Å²) in [5.74, 6) is 1.34. The van der Waals surface area contributed by atoms with Crippen molar-refractivity contribution in [1.29, 1.82) is 0 Å². The SMILES string of the molecule is CCNc1nc(Cl)c(Br)c(NC2CC2)n1. The van der Waals surface area contributed by atoms with Crippen molar-refractivity contribution >= 4 is 39.3 Å². The van der Waals surface area contributed by atoms with E-state index in [-0.39, 0.29) is 0 Å². The minimum Gasteiger partial charge on any atom is -0.366 e. The highest BCUT2D eigenvalue weighted by molar-refractivity contribution is 9.10. The maximum Gasteiger partial charge on any atom is 0.226 e. The van der Waals surface area contributed by atoms with Crippen LogP contribution < -0.4 is 10.6 Å². The fourth-order valence-electron chi connectivity index (χ4n) is 1.17. The average molecular weight is 292 g/mol. The van der Waals surface area contributed by atoms with E-state index in [1.54, 1.807) is 0 Å². The predicted octanol–water partition coefficient (Wildman–Crippen LogP) is 2.90. The van der Waals surface area contributed by atoms with Crippen LogP contribution in [0.2, 0.25) is 5.15 Å². The van der Waals surface area contributed by atoms with Crippen LogP contribution in [0.5, 0.6) is 0 Å². The van der Waals surface area contributed by atoms with Gasteiger partial charge in [-0.15, -0.1) is 0 Å². The molecule has 0 atom stereocenters. The lowest BCUT2D eigenvalue weighted by Gasteiger charge is -2.09. The van der Waals surface area contributed by atoms with E-state index in [9.17, 15) is 0 Å². The molecule has 4 nitrogen and oxygen atoms in total. The zero-order valence-corrected chi connectivity index (χ0v) is 10.7. The van der Waals surface area contributed by atoms with E-state index in [0.717, 1.165) is 16.8 Å². The van der Waals surface area contributed by atoms with Gasteiger partial charge in [-0.05, 0) is 35.7 Å². The fourth-order valence-corrected chi connectivity index (χ4v) is 1.63. The van der Waals surface area contributed by atoms with Gasteiger partial charge >= 0.3 is 0 Å². The number of nitrogens with one attached hydrogen (secondary N) is 2. The lowest BCUT2D eigenvalue weighted by molar-refractivity contribution is 1.04. The molecule has 0 amide bonds. The largest absolute Gasteiger partial charge is 0.366 e. The standard InChI is InChI=1S/C9H12BrClN4/c1-2-12-9-14-7(11)6(10)8(15-9)13-5-3-4-5/h5H,2-4H2,1H3,(H2,12,13,14,15). The van der Waals surface area contributed by atoms with Gasteiger partial charge in [0.05, 0.1) is 4.47 Å². The van der Waals surface area contributed by atoms with Crippen LogP contribution in [0, 0.1) is 0 Å². The second-order valence-corrected chi connectivity index (χ2v) is 4.60. The molecule has 1 aromatic rings. The topological polar surface area (TPSA) is 49.8 Å². The molecule has 6 heteroatoms. The summed E-state index contributed by atoms with van der Waals surface area (Å²) < 4.78 is 0.734. The van der Waals surface area contributed by atoms with Crippen molar-refractivity contribution in [1.82, 2.24) is 9.97 Å². The van der Waals surface area contributed by atoms with E-state index in [1.807, 2.05) is 6.92 Å². The molecule has 0 saturated heterocycles. The number of halogens is 2. The highest BCUT2D eigenvalue weighted by Crippen LogP contribution is 2.32. The molecule has 1 fully saturated rings.